The van der Waals surface area contributed by atoms with Crippen LogP contribution in [0.1, 0.15) is 15.4 Å². The molecule has 0 aliphatic carbocycles. The fourth-order valence-corrected chi connectivity index (χ4v) is 4.40. The molecule has 106 valence electrons. The number of hydrogen-bond acceptors (Lipinski definition) is 5. The van der Waals surface area contributed by atoms with Gasteiger partial charge >= 0.3 is 0 Å². The minimum Gasteiger partial charge on any atom is -0.468 e. The highest BCUT2D eigenvalue weighted by Crippen LogP contribution is 2.23. The lowest BCUT2D eigenvalue weighted by molar-refractivity contribution is 0.0664. The lowest BCUT2D eigenvalue weighted by Crippen LogP contribution is -2.56. The number of amides is 1. The van der Waals surface area contributed by atoms with Crippen LogP contribution in [0.2, 0.25) is 0 Å². The molecule has 20 heavy (non-hydrogen) atoms. The van der Waals surface area contributed by atoms with Crippen molar-refractivity contribution in [3.05, 3.63) is 46.5 Å². The molecule has 1 fully saturated rings. The molecule has 0 radical (unpaired) electrons. The number of thiophene rings is 1. The number of nitrogens with zero attached hydrogens (tertiary/aromatic N) is 1. The second kappa shape index (κ2) is 5.06. The zero-order valence-corrected chi connectivity index (χ0v) is 12.2. The van der Waals surface area contributed by atoms with Gasteiger partial charge in [-0.25, -0.2) is 8.42 Å². The van der Waals surface area contributed by atoms with Crippen molar-refractivity contribution in [1.82, 2.24) is 4.90 Å². The first-order chi connectivity index (χ1) is 9.56. The molecule has 0 saturated carbocycles. The van der Waals surface area contributed by atoms with Crippen molar-refractivity contribution in [2.75, 3.05) is 13.1 Å². The van der Waals surface area contributed by atoms with Gasteiger partial charge in [-0.3, -0.25) is 4.79 Å². The Balaban J connectivity index is 1.61. The van der Waals surface area contributed by atoms with Crippen LogP contribution in [0.3, 0.4) is 0 Å². The second-order valence-corrected chi connectivity index (χ2v) is 7.92. The van der Waals surface area contributed by atoms with Gasteiger partial charge in [0.1, 0.15) is 11.5 Å². The van der Waals surface area contributed by atoms with Crippen LogP contribution in [-0.2, 0) is 15.6 Å². The van der Waals surface area contributed by atoms with E-state index in [1.807, 2.05) is 11.4 Å². The van der Waals surface area contributed by atoms with Gasteiger partial charge in [0.15, 0.2) is 9.84 Å². The van der Waals surface area contributed by atoms with E-state index in [0.29, 0.717) is 10.6 Å². The maximum atomic E-state index is 12.1. The number of carbonyl (C=O) groups is 1. The third kappa shape index (κ3) is 2.51. The van der Waals surface area contributed by atoms with Crippen molar-refractivity contribution in [1.29, 1.82) is 0 Å². The molecule has 1 aliphatic rings. The minimum absolute atomic E-state index is 0.0931. The van der Waals surface area contributed by atoms with E-state index in [9.17, 15) is 13.2 Å². The molecule has 0 spiro atoms. The average molecular weight is 311 g/mol. The normalized spacial score (nSPS) is 16.1. The van der Waals surface area contributed by atoms with Gasteiger partial charge in [-0.2, -0.15) is 0 Å². The fraction of sp³-hybridized carbons (Fsp3) is 0.308. The molecule has 0 aromatic carbocycles. The van der Waals surface area contributed by atoms with Gasteiger partial charge in [0.2, 0.25) is 0 Å². The van der Waals surface area contributed by atoms with Gasteiger partial charge in [-0.05, 0) is 23.6 Å². The maximum Gasteiger partial charge on any atom is 0.263 e. The Labute approximate surface area is 120 Å². The van der Waals surface area contributed by atoms with Crippen LogP contribution < -0.4 is 0 Å². The number of carbonyl (C=O) groups excluding carboxylic acids is 1. The molecular formula is C13H13NO4S2. The Kier molecular flexibility index (Phi) is 3.39. The van der Waals surface area contributed by atoms with Gasteiger partial charge in [0, 0.05) is 13.1 Å². The van der Waals surface area contributed by atoms with Crippen molar-refractivity contribution >= 4 is 27.1 Å². The second-order valence-electron chi connectivity index (χ2n) is 4.70. The van der Waals surface area contributed by atoms with Crippen LogP contribution in [0.15, 0.2) is 40.3 Å². The number of likely N-dealkylation sites (tertiary alicyclic amines) is 1. The zero-order chi connectivity index (χ0) is 14.2. The third-order valence-corrected chi connectivity index (χ3v) is 6.16. The van der Waals surface area contributed by atoms with Crippen LogP contribution in [0, 0.1) is 0 Å². The third-order valence-electron chi connectivity index (χ3n) is 3.30. The summed E-state index contributed by atoms with van der Waals surface area (Å²) in [7, 11) is -3.27. The van der Waals surface area contributed by atoms with E-state index in [0.717, 1.165) is 0 Å². The summed E-state index contributed by atoms with van der Waals surface area (Å²) in [6.45, 7) is 0.527. The van der Waals surface area contributed by atoms with Crippen LogP contribution in [-0.4, -0.2) is 37.6 Å². The van der Waals surface area contributed by atoms with E-state index in [4.69, 9.17) is 4.42 Å². The first kappa shape index (κ1) is 13.4. The summed E-state index contributed by atoms with van der Waals surface area (Å²) in [6, 6.07) is 6.86. The Bertz CT molecular complexity index is 683. The van der Waals surface area contributed by atoms with Crippen LogP contribution >= 0.6 is 11.3 Å². The molecule has 0 atom stereocenters. The lowest BCUT2D eigenvalue weighted by Gasteiger charge is -2.38. The highest BCUT2D eigenvalue weighted by atomic mass is 32.2. The van der Waals surface area contributed by atoms with Crippen molar-refractivity contribution in [3.63, 3.8) is 0 Å². The molecule has 3 heterocycles. The molecule has 0 unspecified atom stereocenters. The Hall–Kier alpha value is -1.60. The first-order valence-electron chi connectivity index (χ1n) is 6.13. The molecule has 1 aliphatic heterocycles. The molecule has 0 N–H and O–H groups in total. The number of hydrogen-bond donors (Lipinski definition) is 0. The standard InChI is InChI=1S/C13H13NO4S2/c15-13(12-4-2-6-19-12)14-7-11(8-14)20(16,17)9-10-3-1-5-18-10/h1-6,11H,7-9H2. The summed E-state index contributed by atoms with van der Waals surface area (Å²) in [6.07, 6.45) is 1.46. The fourth-order valence-electron chi connectivity index (χ4n) is 2.10. The zero-order valence-electron chi connectivity index (χ0n) is 10.6. The summed E-state index contributed by atoms with van der Waals surface area (Å²) < 4.78 is 29.3. The van der Waals surface area contributed by atoms with E-state index in [-0.39, 0.29) is 24.7 Å². The molecule has 0 bridgehead atoms. The number of rotatable bonds is 4. The van der Waals surface area contributed by atoms with Crippen molar-refractivity contribution in [2.45, 2.75) is 11.0 Å². The predicted molar refractivity (Wildman–Crippen MR) is 75.3 cm³/mol. The SMILES string of the molecule is O=C(c1cccs1)N1CC(S(=O)(=O)Cc2ccco2)C1. The quantitative estimate of drug-likeness (QED) is 0.863. The van der Waals surface area contributed by atoms with Gasteiger partial charge < -0.3 is 9.32 Å². The summed E-state index contributed by atoms with van der Waals surface area (Å²) >= 11 is 1.37. The summed E-state index contributed by atoms with van der Waals surface area (Å²) in [5, 5.41) is 1.34. The summed E-state index contributed by atoms with van der Waals surface area (Å²) in [5.41, 5.74) is 0. The molecule has 3 rings (SSSR count). The van der Waals surface area contributed by atoms with Crippen LogP contribution in [0.5, 0.6) is 0 Å². The molecule has 1 saturated heterocycles. The Morgan fingerprint density at radius 2 is 2.15 bits per heavy atom. The largest absolute Gasteiger partial charge is 0.468 e. The van der Waals surface area contributed by atoms with Gasteiger partial charge in [0.05, 0.1) is 16.4 Å². The Morgan fingerprint density at radius 1 is 1.35 bits per heavy atom. The summed E-state index contributed by atoms with van der Waals surface area (Å²) in [4.78, 5) is 14.2. The maximum absolute atomic E-state index is 12.1. The van der Waals surface area contributed by atoms with E-state index >= 15 is 0 Å². The molecule has 5 nitrogen and oxygen atoms in total. The molecule has 7 heteroatoms. The smallest absolute Gasteiger partial charge is 0.263 e. The number of sulfone groups is 1. The van der Waals surface area contributed by atoms with Crippen molar-refractivity contribution in [2.24, 2.45) is 0 Å². The van der Waals surface area contributed by atoms with Crippen molar-refractivity contribution in [3.8, 4) is 0 Å². The molecular weight excluding hydrogens is 298 g/mol. The molecule has 1 amide bonds. The van der Waals surface area contributed by atoms with Crippen LogP contribution in [0.25, 0.3) is 0 Å². The average Bonchev–Trinajstić information content (AvgIpc) is 2.96. The summed E-state index contributed by atoms with van der Waals surface area (Å²) in [5.74, 6) is 0.239. The van der Waals surface area contributed by atoms with E-state index in [1.165, 1.54) is 17.6 Å². The Morgan fingerprint density at radius 3 is 2.75 bits per heavy atom. The van der Waals surface area contributed by atoms with E-state index < -0.39 is 15.1 Å². The molecule has 2 aromatic heterocycles. The predicted octanol–water partition coefficient (Wildman–Crippen LogP) is 1.78. The van der Waals surface area contributed by atoms with E-state index in [2.05, 4.69) is 0 Å². The number of furan rings is 1. The van der Waals surface area contributed by atoms with Gasteiger partial charge in [0.25, 0.3) is 5.91 Å². The first-order valence-corrected chi connectivity index (χ1v) is 8.72. The van der Waals surface area contributed by atoms with E-state index in [1.54, 1.807) is 23.1 Å². The van der Waals surface area contributed by atoms with Crippen molar-refractivity contribution < 1.29 is 17.6 Å². The van der Waals surface area contributed by atoms with Gasteiger partial charge in [-0.1, -0.05) is 6.07 Å². The lowest BCUT2D eigenvalue weighted by atomic mass is 10.2. The van der Waals surface area contributed by atoms with Gasteiger partial charge in [-0.15, -0.1) is 11.3 Å². The monoisotopic (exact) mass is 311 g/mol. The highest BCUT2D eigenvalue weighted by Gasteiger charge is 2.40. The minimum atomic E-state index is -3.27. The topological polar surface area (TPSA) is 67.6 Å². The molecule has 2 aromatic rings. The highest BCUT2D eigenvalue weighted by molar-refractivity contribution is 7.91. The van der Waals surface area contributed by atoms with Crippen LogP contribution in [0.4, 0.5) is 0 Å².